The number of ether oxygens (including phenoxy) is 3. The molecule has 0 spiro atoms. The van der Waals surface area contributed by atoms with Crippen molar-refractivity contribution in [2.45, 2.75) is 24.4 Å². The third kappa shape index (κ3) is 5.46. The van der Waals surface area contributed by atoms with Gasteiger partial charge in [0.15, 0.2) is 0 Å². The second-order valence-corrected chi connectivity index (χ2v) is 7.36. The van der Waals surface area contributed by atoms with Gasteiger partial charge in [0.25, 0.3) is 0 Å². The highest BCUT2D eigenvalue weighted by Crippen LogP contribution is 2.41. The molecule has 4 rings (SSSR count). The van der Waals surface area contributed by atoms with Crippen molar-refractivity contribution < 1.29 is 23.8 Å². The first-order valence-electron chi connectivity index (χ1n) is 10.0. The van der Waals surface area contributed by atoms with Crippen molar-refractivity contribution >= 4 is 23.2 Å². The highest BCUT2D eigenvalue weighted by atomic mass is 16.6. The molecule has 31 heavy (non-hydrogen) atoms. The molecule has 2 aromatic carbocycles. The standard InChI is InChI=1S/C24H24N2O5/c1-3-21(27)25-17-9-5-7-15(11-17)23(19-13-29-19)31-24(20-14-30-20)16-8-6-10-18(12-16)26-22(28)4-2/h3-12,19-20,23-24H,1-2,13-14H2,(H,25,27)(H,26,28). The molecule has 160 valence electrons. The maximum absolute atomic E-state index is 11.7. The van der Waals surface area contributed by atoms with E-state index in [2.05, 4.69) is 23.8 Å². The summed E-state index contributed by atoms with van der Waals surface area (Å²) in [7, 11) is 0. The van der Waals surface area contributed by atoms with Crippen molar-refractivity contribution in [1.29, 1.82) is 0 Å². The molecule has 2 fully saturated rings. The molecule has 0 aromatic heterocycles. The first kappa shape index (κ1) is 21.0. The monoisotopic (exact) mass is 420 g/mol. The quantitative estimate of drug-likeness (QED) is 0.453. The third-order valence-corrected chi connectivity index (χ3v) is 5.02. The van der Waals surface area contributed by atoms with Gasteiger partial charge in [0.2, 0.25) is 11.8 Å². The topological polar surface area (TPSA) is 92.5 Å². The van der Waals surface area contributed by atoms with E-state index in [1.54, 1.807) is 0 Å². The lowest BCUT2D eigenvalue weighted by molar-refractivity contribution is -0.112. The lowest BCUT2D eigenvalue weighted by Crippen LogP contribution is -2.19. The Kier molecular flexibility index (Phi) is 6.27. The molecule has 2 aromatic rings. The van der Waals surface area contributed by atoms with Gasteiger partial charge in [0.1, 0.15) is 24.4 Å². The van der Waals surface area contributed by atoms with Gasteiger partial charge in [-0.3, -0.25) is 9.59 Å². The zero-order valence-electron chi connectivity index (χ0n) is 17.0. The van der Waals surface area contributed by atoms with Crippen LogP contribution in [-0.2, 0) is 23.8 Å². The van der Waals surface area contributed by atoms with E-state index in [0.717, 1.165) is 11.1 Å². The van der Waals surface area contributed by atoms with Crippen LogP contribution in [0.25, 0.3) is 0 Å². The van der Waals surface area contributed by atoms with Crippen LogP contribution in [0.2, 0.25) is 0 Å². The average Bonchev–Trinajstić information content (AvgIpc) is 3.68. The Morgan fingerprint density at radius 2 is 1.29 bits per heavy atom. The molecule has 0 radical (unpaired) electrons. The molecule has 0 aliphatic carbocycles. The predicted molar refractivity (Wildman–Crippen MR) is 117 cm³/mol. The number of epoxide rings is 2. The second kappa shape index (κ2) is 9.26. The molecule has 4 unspecified atom stereocenters. The Bertz CT molecular complexity index is 917. The van der Waals surface area contributed by atoms with Crippen LogP contribution in [0.3, 0.4) is 0 Å². The zero-order chi connectivity index (χ0) is 21.8. The largest absolute Gasteiger partial charge is 0.370 e. The molecule has 7 nitrogen and oxygen atoms in total. The van der Waals surface area contributed by atoms with E-state index in [1.165, 1.54) is 12.2 Å². The van der Waals surface area contributed by atoms with Crippen molar-refractivity contribution in [3.05, 3.63) is 85.0 Å². The smallest absolute Gasteiger partial charge is 0.247 e. The Hall–Kier alpha value is -3.26. The van der Waals surface area contributed by atoms with E-state index < -0.39 is 0 Å². The van der Waals surface area contributed by atoms with Gasteiger partial charge < -0.3 is 24.8 Å². The van der Waals surface area contributed by atoms with Crippen molar-refractivity contribution in [1.82, 2.24) is 0 Å². The van der Waals surface area contributed by atoms with Gasteiger partial charge in [0, 0.05) is 11.4 Å². The van der Waals surface area contributed by atoms with Crippen LogP contribution >= 0.6 is 0 Å². The minimum atomic E-state index is -0.332. The number of nitrogens with one attached hydrogen (secondary N) is 2. The van der Waals surface area contributed by atoms with Crippen molar-refractivity contribution in [3.63, 3.8) is 0 Å². The van der Waals surface area contributed by atoms with Crippen LogP contribution in [0.4, 0.5) is 11.4 Å². The number of benzene rings is 2. The van der Waals surface area contributed by atoms with E-state index in [0.29, 0.717) is 24.6 Å². The van der Waals surface area contributed by atoms with Gasteiger partial charge in [-0.25, -0.2) is 0 Å². The van der Waals surface area contributed by atoms with Crippen LogP contribution < -0.4 is 10.6 Å². The van der Waals surface area contributed by atoms with Crippen LogP contribution in [0.15, 0.2) is 73.8 Å². The number of hydrogen-bond acceptors (Lipinski definition) is 5. The Morgan fingerprint density at radius 1 is 0.871 bits per heavy atom. The summed E-state index contributed by atoms with van der Waals surface area (Å²) in [6.07, 6.45) is 1.64. The lowest BCUT2D eigenvalue weighted by Gasteiger charge is -2.24. The summed E-state index contributed by atoms with van der Waals surface area (Å²) >= 11 is 0. The van der Waals surface area contributed by atoms with E-state index >= 15 is 0 Å². The fourth-order valence-corrected chi connectivity index (χ4v) is 3.35. The summed E-state index contributed by atoms with van der Waals surface area (Å²) in [5.41, 5.74) is 3.10. The van der Waals surface area contributed by atoms with E-state index in [-0.39, 0.29) is 36.2 Å². The molecule has 2 aliphatic rings. The summed E-state index contributed by atoms with van der Waals surface area (Å²) in [6.45, 7) is 8.16. The van der Waals surface area contributed by atoms with E-state index in [9.17, 15) is 9.59 Å². The summed E-state index contributed by atoms with van der Waals surface area (Å²) in [5, 5.41) is 5.54. The number of amides is 2. The number of rotatable bonds is 10. The molecule has 7 heteroatoms. The Balaban J connectivity index is 1.57. The highest BCUT2D eigenvalue weighted by molar-refractivity contribution is 5.99. The molecule has 2 saturated heterocycles. The Labute approximate surface area is 180 Å². The van der Waals surface area contributed by atoms with Crippen LogP contribution in [0, 0.1) is 0 Å². The third-order valence-electron chi connectivity index (χ3n) is 5.02. The Morgan fingerprint density at radius 3 is 1.65 bits per heavy atom. The lowest BCUT2D eigenvalue weighted by atomic mass is 10.0. The molecule has 4 atom stereocenters. The van der Waals surface area contributed by atoms with Gasteiger partial charge in [-0.1, -0.05) is 37.4 Å². The molecular weight excluding hydrogens is 396 g/mol. The molecule has 0 bridgehead atoms. The first-order valence-corrected chi connectivity index (χ1v) is 10.0. The molecule has 2 aliphatic heterocycles. The summed E-state index contributed by atoms with van der Waals surface area (Å²) in [4.78, 5) is 23.3. The van der Waals surface area contributed by atoms with Crippen molar-refractivity contribution in [2.24, 2.45) is 0 Å². The SMILES string of the molecule is C=CC(=O)Nc1cccc(C(OC(c2cccc(NC(=O)C=C)c2)C2CO2)C2CO2)c1. The zero-order valence-corrected chi connectivity index (χ0v) is 17.0. The summed E-state index contributed by atoms with van der Waals surface area (Å²) in [6, 6.07) is 15.0. The van der Waals surface area contributed by atoms with Crippen molar-refractivity contribution in [3.8, 4) is 0 Å². The van der Waals surface area contributed by atoms with Crippen LogP contribution in [0.5, 0.6) is 0 Å². The van der Waals surface area contributed by atoms with Gasteiger partial charge in [0.05, 0.1) is 13.2 Å². The van der Waals surface area contributed by atoms with Gasteiger partial charge in [-0.05, 0) is 47.5 Å². The molecule has 2 N–H and O–H groups in total. The van der Waals surface area contributed by atoms with Gasteiger partial charge in [-0.2, -0.15) is 0 Å². The minimum absolute atomic E-state index is 0.0738. The predicted octanol–water partition coefficient (Wildman–Crippen LogP) is 3.53. The first-order chi connectivity index (χ1) is 15.1. The van der Waals surface area contributed by atoms with Gasteiger partial charge >= 0.3 is 0 Å². The maximum atomic E-state index is 11.7. The van der Waals surface area contributed by atoms with Crippen LogP contribution in [-0.4, -0.2) is 37.2 Å². The maximum Gasteiger partial charge on any atom is 0.247 e. The highest BCUT2D eigenvalue weighted by Gasteiger charge is 2.42. The molecule has 2 heterocycles. The molecule has 2 amide bonds. The fraction of sp³-hybridized carbons (Fsp3) is 0.250. The minimum Gasteiger partial charge on any atom is -0.370 e. The van der Waals surface area contributed by atoms with Crippen LogP contribution in [0.1, 0.15) is 23.3 Å². The average molecular weight is 420 g/mol. The van der Waals surface area contributed by atoms with Crippen molar-refractivity contribution in [2.75, 3.05) is 23.8 Å². The van der Waals surface area contributed by atoms with Gasteiger partial charge in [-0.15, -0.1) is 0 Å². The number of carbonyl (C=O) groups is 2. The normalized spacial score (nSPS) is 20.8. The van der Waals surface area contributed by atoms with E-state index in [4.69, 9.17) is 14.2 Å². The number of anilines is 2. The molecule has 0 saturated carbocycles. The number of hydrogen-bond donors (Lipinski definition) is 2. The summed E-state index contributed by atoms with van der Waals surface area (Å²) < 4.78 is 17.6. The molecular formula is C24H24N2O5. The number of carbonyl (C=O) groups excluding carboxylic acids is 2. The van der Waals surface area contributed by atoms with E-state index in [1.807, 2.05) is 48.5 Å². The second-order valence-electron chi connectivity index (χ2n) is 7.36. The summed E-state index contributed by atoms with van der Waals surface area (Å²) in [5.74, 6) is -0.556. The fourth-order valence-electron chi connectivity index (χ4n) is 3.35.